The van der Waals surface area contributed by atoms with Crippen molar-refractivity contribution < 1.29 is 4.74 Å². The Labute approximate surface area is 98.2 Å². The van der Waals surface area contributed by atoms with E-state index in [0.717, 1.165) is 31.2 Å². The summed E-state index contributed by atoms with van der Waals surface area (Å²) in [5.41, 5.74) is 1.32. The number of hydrogen-bond donors (Lipinski definition) is 0. The molecule has 1 unspecified atom stereocenters. The van der Waals surface area contributed by atoms with Crippen molar-refractivity contribution in [3.05, 3.63) is 36.9 Å². The zero-order valence-corrected chi connectivity index (χ0v) is 9.98. The largest absolute Gasteiger partial charge is 0.496 e. The third kappa shape index (κ3) is 2.76. The number of nitrogens with zero attached hydrogens (tertiary/aromatic N) is 1. The normalized spacial score (nSPS) is 22.0. The first kappa shape index (κ1) is 11.5. The SMILES string of the molecule is [CH2-]N1CCCC(Cc2ccccc2OC)C1. The highest BCUT2D eigenvalue weighted by atomic mass is 16.5. The van der Waals surface area contributed by atoms with E-state index in [2.05, 4.69) is 24.1 Å². The van der Waals surface area contributed by atoms with Crippen molar-refractivity contribution in [1.82, 2.24) is 4.90 Å². The monoisotopic (exact) mass is 218 g/mol. The van der Waals surface area contributed by atoms with E-state index in [9.17, 15) is 0 Å². The molecule has 2 nitrogen and oxygen atoms in total. The topological polar surface area (TPSA) is 12.5 Å². The second-order valence-electron chi connectivity index (χ2n) is 4.60. The number of methoxy groups -OCH3 is 1. The van der Waals surface area contributed by atoms with Gasteiger partial charge in [0.15, 0.2) is 0 Å². The summed E-state index contributed by atoms with van der Waals surface area (Å²) in [6.45, 7) is 2.25. The van der Waals surface area contributed by atoms with Crippen molar-refractivity contribution >= 4 is 0 Å². The van der Waals surface area contributed by atoms with Crippen molar-refractivity contribution in [3.8, 4) is 5.75 Å². The van der Waals surface area contributed by atoms with E-state index in [1.54, 1.807) is 7.11 Å². The maximum absolute atomic E-state index is 5.38. The van der Waals surface area contributed by atoms with Gasteiger partial charge >= 0.3 is 0 Å². The van der Waals surface area contributed by atoms with Gasteiger partial charge in [0.1, 0.15) is 5.75 Å². The third-order valence-corrected chi connectivity index (χ3v) is 3.30. The molecular weight excluding hydrogens is 198 g/mol. The smallest absolute Gasteiger partial charge is 0.122 e. The van der Waals surface area contributed by atoms with Gasteiger partial charge in [-0.25, -0.2) is 0 Å². The van der Waals surface area contributed by atoms with Crippen LogP contribution in [-0.2, 0) is 6.42 Å². The zero-order valence-electron chi connectivity index (χ0n) is 9.98. The molecule has 0 radical (unpaired) electrons. The van der Waals surface area contributed by atoms with Crippen molar-refractivity contribution in [3.63, 3.8) is 0 Å². The summed E-state index contributed by atoms with van der Waals surface area (Å²) in [5.74, 6) is 1.74. The molecule has 0 aromatic heterocycles. The van der Waals surface area contributed by atoms with Gasteiger partial charge in [0.2, 0.25) is 0 Å². The first-order valence-electron chi connectivity index (χ1n) is 5.97. The predicted octanol–water partition coefficient (Wildman–Crippen LogP) is 2.74. The molecule has 88 valence electrons. The Balaban J connectivity index is 2.02. The standard InChI is InChI=1S/C14H20NO/c1-15-9-5-6-12(11-15)10-13-7-3-4-8-14(13)16-2/h3-4,7-8,12H,1,5-6,9-11H2,2H3/q-1. The van der Waals surface area contributed by atoms with Gasteiger partial charge in [0, 0.05) is 0 Å². The minimum Gasteiger partial charge on any atom is -0.496 e. The van der Waals surface area contributed by atoms with Gasteiger partial charge in [-0.3, -0.25) is 7.05 Å². The Morgan fingerprint density at radius 2 is 2.25 bits per heavy atom. The van der Waals surface area contributed by atoms with Crippen LogP contribution in [0.4, 0.5) is 0 Å². The molecule has 0 aliphatic carbocycles. The number of hydrogen-bond acceptors (Lipinski definition) is 2. The quantitative estimate of drug-likeness (QED) is 0.723. The maximum Gasteiger partial charge on any atom is 0.122 e. The highest BCUT2D eigenvalue weighted by molar-refractivity contribution is 5.33. The summed E-state index contributed by atoms with van der Waals surface area (Å²) in [4.78, 5) is 2.18. The van der Waals surface area contributed by atoms with Crippen LogP contribution < -0.4 is 4.74 Å². The third-order valence-electron chi connectivity index (χ3n) is 3.30. The van der Waals surface area contributed by atoms with E-state index in [-0.39, 0.29) is 0 Å². The van der Waals surface area contributed by atoms with Crippen LogP contribution in [0.2, 0.25) is 0 Å². The fourth-order valence-corrected chi connectivity index (χ4v) is 2.50. The molecule has 0 spiro atoms. The molecule has 1 saturated heterocycles. The minimum atomic E-state index is 0.725. The fourth-order valence-electron chi connectivity index (χ4n) is 2.50. The molecule has 2 rings (SSSR count). The Kier molecular flexibility index (Phi) is 3.83. The van der Waals surface area contributed by atoms with Gasteiger partial charge in [0.05, 0.1) is 7.11 Å². The summed E-state index contributed by atoms with van der Waals surface area (Å²) >= 11 is 0. The van der Waals surface area contributed by atoms with E-state index in [0.29, 0.717) is 0 Å². The van der Waals surface area contributed by atoms with Crippen LogP contribution in [0.15, 0.2) is 24.3 Å². The molecule has 0 bridgehead atoms. The molecule has 1 aromatic carbocycles. The molecule has 1 aliphatic heterocycles. The van der Waals surface area contributed by atoms with Gasteiger partial charge in [-0.15, -0.1) is 0 Å². The van der Waals surface area contributed by atoms with Gasteiger partial charge in [-0.1, -0.05) is 18.2 Å². The number of rotatable bonds is 3. The predicted molar refractivity (Wildman–Crippen MR) is 66.4 cm³/mol. The lowest BCUT2D eigenvalue weighted by Gasteiger charge is -2.35. The Bertz CT molecular complexity index is 337. The molecule has 0 amide bonds. The van der Waals surface area contributed by atoms with Gasteiger partial charge in [-0.2, -0.15) is 0 Å². The molecule has 1 aromatic rings. The summed E-state index contributed by atoms with van der Waals surface area (Å²) in [6.07, 6.45) is 3.68. The van der Waals surface area contributed by atoms with Crippen molar-refractivity contribution in [2.24, 2.45) is 5.92 Å². The first-order chi connectivity index (χ1) is 7.79. The van der Waals surface area contributed by atoms with Crippen LogP contribution in [0.3, 0.4) is 0 Å². The van der Waals surface area contributed by atoms with Crippen LogP contribution >= 0.6 is 0 Å². The number of piperidine rings is 1. The molecule has 1 atom stereocenters. The van der Waals surface area contributed by atoms with Crippen molar-refractivity contribution in [2.75, 3.05) is 20.2 Å². The summed E-state index contributed by atoms with van der Waals surface area (Å²) in [5, 5.41) is 0. The van der Waals surface area contributed by atoms with E-state index >= 15 is 0 Å². The van der Waals surface area contributed by atoms with Crippen LogP contribution in [0.25, 0.3) is 0 Å². The molecule has 16 heavy (non-hydrogen) atoms. The molecule has 0 saturated carbocycles. The van der Waals surface area contributed by atoms with Crippen LogP contribution in [0.1, 0.15) is 18.4 Å². The average Bonchev–Trinajstić information content (AvgIpc) is 2.30. The molecule has 0 N–H and O–H groups in total. The summed E-state index contributed by atoms with van der Waals surface area (Å²) in [7, 11) is 5.78. The Morgan fingerprint density at radius 1 is 1.44 bits per heavy atom. The van der Waals surface area contributed by atoms with Crippen LogP contribution in [-0.4, -0.2) is 25.1 Å². The Morgan fingerprint density at radius 3 is 3.00 bits per heavy atom. The van der Waals surface area contributed by atoms with E-state index in [4.69, 9.17) is 4.74 Å². The van der Waals surface area contributed by atoms with Gasteiger partial charge in [-0.05, 0) is 49.9 Å². The first-order valence-corrected chi connectivity index (χ1v) is 5.97. The molecule has 2 heteroatoms. The lowest BCUT2D eigenvalue weighted by molar-refractivity contribution is 0.229. The molecular formula is C14H20NO-. The number of para-hydroxylation sites is 1. The second kappa shape index (κ2) is 5.35. The second-order valence-corrected chi connectivity index (χ2v) is 4.60. The molecule has 1 fully saturated rings. The van der Waals surface area contributed by atoms with Crippen molar-refractivity contribution in [1.29, 1.82) is 0 Å². The molecule has 1 aliphatic rings. The van der Waals surface area contributed by atoms with Crippen LogP contribution in [0.5, 0.6) is 5.75 Å². The number of ether oxygens (including phenoxy) is 1. The lowest BCUT2D eigenvalue weighted by atomic mass is 9.91. The zero-order chi connectivity index (χ0) is 11.4. The minimum absolute atomic E-state index is 0.725. The summed E-state index contributed by atoms with van der Waals surface area (Å²) in [6, 6.07) is 8.32. The van der Waals surface area contributed by atoms with Crippen molar-refractivity contribution in [2.45, 2.75) is 19.3 Å². The number of likely N-dealkylation sites (tertiary alicyclic amines) is 1. The Hall–Kier alpha value is -1.02. The van der Waals surface area contributed by atoms with Gasteiger partial charge < -0.3 is 9.64 Å². The maximum atomic E-state index is 5.38. The van der Waals surface area contributed by atoms with E-state index in [1.165, 1.54) is 18.4 Å². The summed E-state index contributed by atoms with van der Waals surface area (Å²) < 4.78 is 5.38. The van der Waals surface area contributed by atoms with Crippen LogP contribution in [0, 0.1) is 13.0 Å². The van der Waals surface area contributed by atoms with E-state index in [1.807, 2.05) is 12.1 Å². The van der Waals surface area contributed by atoms with E-state index < -0.39 is 0 Å². The number of benzene rings is 1. The fraction of sp³-hybridized carbons (Fsp3) is 0.500. The lowest BCUT2D eigenvalue weighted by Crippen LogP contribution is -2.31. The average molecular weight is 218 g/mol. The van der Waals surface area contributed by atoms with Gasteiger partial charge in [0.25, 0.3) is 0 Å². The highest BCUT2D eigenvalue weighted by Crippen LogP contribution is 2.25. The highest BCUT2D eigenvalue weighted by Gasteiger charge is 2.16. The molecule has 1 heterocycles.